The Kier molecular flexibility index (Phi) is 4.59. The number of rotatable bonds is 5. The summed E-state index contributed by atoms with van der Waals surface area (Å²) in [6.45, 7) is 0.157. The smallest absolute Gasteiger partial charge is 0.326 e. The molecule has 0 unspecified atom stereocenters. The summed E-state index contributed by atoms with van der Waals surface area (Å²) in [5.41, 5.74) is 4.77. The Bertz CT molecular complexity index is 503. The van der Waals surface area contributed by atoms with Crippen molar-refractivity contribution in [2.24, 2.45) is 5.73 Å². The maximum absolute atomic E-state index is 11.7. The van der Waals surface area contributed by atoms with Gasteiger partial charge in [-0.05, 0) is 12.1 Å². The predicted octanol–water partition coefficient (Wildman–Crippen LogP) is 0.661. The van der Waals surface area contributed by atoms with Crippen LogP contribution in [0.25, 0.3) is 0 Å². The summed E-state index contributed by atoms with van der Waals surface area (Å²) >= 11 is 5.44. The van der Waals surface area contributed by atoms with Crippen molar-refractivity contribution < 1.29 is 17.9 Å². The standard InChI is InChI=1S/C9H11ClN2O4S/c10-5-6-16-7-3-1-2-4-8(7)17(14,15)12-9(11)13/h1-4H,5-6H2,(H3,11,12,13). The van der Waals surface area contributed by atoms with Gasteiger partial charge in [0.25, 0.3) is 10.0 Å². The molecule has 2 amide bonds. The number of amides is 2. The third-order valence-electron chi connectivity index (χ3n) is 1.71. The van der Waals surface area contributed by atoms with E-state index in [4.69, 9.17) is 22.1 Å². The SMILES string of the molecule is NC(=O)NS(=O)(=O)c1ccccc1OCCCl. The third-order valence-corrected chi connectivity index (χ3v) is 3.25. The molecule has 17 heavy (non-hydrogen) atoms. The first-order chi connectivity index (χ1) is 7.97. The van der Waals surface area contributed by atoms with Crippen LogP contribution in [0.1, 0.15) is 0 Å². The lowest BCUT2D eigenvalue weighted by molar-refractivity contribution is 0.253. The molecule has 0 bridgehead atoms. The maximum atomic E-state index is 11.7. The Morgan fingerprint density at radius 1 is 1.41 bits per heavy atom. The molecule has 1 aromatic carbocycles. The van der Waals surface area contributed by atoms with E-state index in [1.54, 1.807) is 10.8 Å². The third kappa shape index (κ3) is 3.79. The Morgan fingerprint density at radius 3 is 2.65 bits per heavy atom. The lowest BCUT2D eigenvalue weighted by atomic mass is 10.3. The largest absolute Gasteiger partial charge is 0.491 e. The number of nitrogens with one attached hydrogen (secondary N) is 1. The van der Waals surface area contributed by atoms with Crippen LogP contribution in [0.15, 0.2) is 29.2 Å². The molecule has 8 heteroatoms. The van der Waals surface area contributed by atoms with Gasteiger partial charge in [-0.25, -0.2) is 17.9 Å². The van der Waals surface area contributed by atoms with Gasteiger partial charge in [-0.15, -0.1) is 11.6 Å². The molecule has 0 aliphatic heterocycles. The number of benzene rings is 1. The number of halogens is 1. The second-order valence-electron chi connectivity index (χ2n) is 2.95. The number of hydrogen-bond donors (Lipinski definition) is 2. The second-order valence-corrected chi connectivity index (χ2v) is 4.98. The molecule has 0 saturated carbocycles. The first-order valence-corrected chi connectivity index (χ1v) is 6.59. The lowest BCUT2D eigenvalue weighted by Gasteiger charge is -2.10. The zero-order chi connectivity index (χ0) is 12.9. The number of sulfonamides is 1. The number of para-hydroxylation sites is 1. The number of hydrogen-bond acceptors (Lipinski definition) is 4. The average molecular weight is 279 g/mol. The van der Waals surface area contributed by atoms with Gasteiger partial charge in [-0.1, -0.05) is 12.1 Å². The first-order valence-electron chi connectivity index (χ1n) is 4.57. The molecule has 0 saturated heterocycles. The number of nitrogens with two attached hydrogens (primary N) is 1. The molecule has 0 radical (unpaired) electrons. The first kappa shape index (κ1) is 13.6. The fourth-order valence-electron chi connectivity index (χ4n) is 1.13. The Labute approximate surface area is 104 Å². The van der Waals surface area contributed by atoms with Crippen LogP contribution in [-0.4, -0.2) is 26.9 Å². The van der Waals surface area contributed by atoms with E-state index in [0.29, 0.717) is 0 Å². The minimum absolute atomic E-state index is 0.113. The van der Waals surface area contributed by atoms with E-state index in [1.165, 1.54) is 18.2 Å². The molecular weight excluding hydrogens is 268 g/mol. The summed E-state index contributed by atoms with van der Waals surface area (Å²) in [5, 5.41) is 0. The number of carbonyl (C=O) groups excluding carboxylic acids is 1. The van der Waals surface area contributed by atoms with Crippen molar-refractivity contribution in [3.63, 3.8) is 0 Å². The van der Waals surface area contributed by atoms with E-state index in [-0.39, 0.29) is 23.1 Å². The Balaban J connectivity index is 3.08. The van der Waals surface area contributed by atoms with Gasteiger partial charge < -0.3 is 10.5 Å². The fraction of sp³-hybridized carbons (Fsp3) is 0.222. The molecule has 0 spiro atoms. The molecule has 0 aromatic heterocycles. The number of alkyl halides is 1. The molecule has 0 aliphatic rings. The van der Waals surface area contributed by atoms with Crippen molar-refractivity contribution in [2.75, 3.05) is 12.5 Å². The maximum Gasteiger partial charge on any atom is 0.326 e. The zero-order valence-corrected chi connectivity index (χ0v) is 10.3. The van der Waals surface area contributed by atoms with E-state index in [0.717, 1.165) is 0 Å². The van der Waals surface area contributed by atoms with Crippen LogP contribution in [-0.2, 0) is 10.0 Å². The van der Waals surface area contributed by atoms with Gasteiger partial charge in [0, 0.05) is 0 Å². The van der Waals surface area contributed by atoms with Crippen LogP contribution >= 0.6 is 11.6 Å². The molecule has 0 fully saturated rings. The molecule has 1 aromatic rings. The van der Waals surface area contributed by atoms with Gasteiger partial charge in [0.05, 0.1) is 5.88 Å². The summed E-state index contributed by atoms with van der Waals surface area (Å²) in [7, 11) is -4.01. The topological polar surface area (TPSA) is 98.5 Å². The van der Waals surface area contributed by atoms with Gasteiger partial charge in [0.2, 0.25) is 0 Å². The monoisotopic (exact) mass is 278 g/mol. The van der Waals surface area contributed by atoms with E-state index in [9.17, 15) is 13.2 Å². The highest BCUT2D eigenvalue weighted by Crippen LogP contribution is 2.22. The number of primary amides is 1. The van der Waals surface area contributed by atoms with E-state index < -0.39 is 16.1 Å². The highest BCUT2D eigenvalue weighted by atomic mass is 35.5. The van der Waals surface area contributed by atoms with Crippen LogP contribution in [0.2, 0.25) is 0 Å². The van der Waals surface area contributed by atoms with Crippen molar-refractivity contribution in [1.82, 2.24) is 4.72 Å². The molecular formula is C9H11ClN2O4S. The average Bonchev–Trinajstić information content (AvgIpc) is 2.25. The zero-order valence-electron chi connectivity index (χ0n) is 8.72. The van der Waals surface area contributed by atoms with E-state index >= 15 is 0 Å². The number of urea groups is 1. The minimum atomic E-state index is -4.01. The van der Waals surface area contributed by atoms with Crippen LogP contribution in [0.4, 0.5) is 4.79 Å². The Hall–Kier alpha value is -1.47. The Morgan fingerprint density at radius 2 is 2.06 bits per heavy atom. The molecule has 1 rings (SSSR count). The molecule has 0 heterocycles. The van der Waals surface area contributed by atoms with Crippen molar-refractivity contribution in [3.8, 4) is 5.75 Å². The fourth-order valence-corrected chi connectivity index (χ4v) is 2.23. The molecule has 6 nitrogen and oxygen atoms in total. The summed E-state index contributed by atoms with van der Waals surface area (Å²) in [6.07, 6.45) is 0. The number of ether oxygens (including phenoxy) is 1. The van der Waals surface area contributed by atoms with Crippen LogP contribution < -0.4 is 15.2 Å². The van der Waals surface area contributed by atoms with Gasteiger partial charge in [0.1, 0.15) is 17.3 Å². The predicted molar refractivity (Wildman–Crippen MR) is 62.6 cm³/mol. The highest BCUT2D eigenvalue weighted by Gasteiger charge is 2.20. The molecule has 0 aliphatic carbocycles. The summed E-state index contributed by atoms with van der Waals surface area (Å²) in [6, 6.07) is 4.71. The van der Waals surface area contributed by atoms with Gasteiger partial charge in [0.15, 0.2) is 0 Å². The van der Waals surface area contributed by atoms with Crippen LogP contribution in [0.5, 0.6) is 5.75 Å². The van der Waals surface area contributed by atoms with Crippen molar-refractivity contribution in [3.05, 3.63) is 24.3 Å². The van der Waals surface area contributed by atoms with Crippen molar-refractivity contribution in [1.29, 1.82) is 0 Å². The quantitative estimate of drug-likeness (QED) is 0.773. The van der Waals surface area contributed by atoms with Gasteiger partial charge in [-0.2, -0.15) is 0 Å². The molecule has 94 valence electrons. The van der Waals surface area contributed by atoms with Crippen LogP contribution in [0, 0.1) is 0 Å². The van der Waals surface area contributed by atoms with Crippen molar-refractivity contribution >= 4 is 27.7 Å². The van der Waals surface area contributed by atoms with Gasteiger partial charge in [-0.3, -0.25) is 0 Å². The van der Waals surface area contributed by atoms with Gasteiger partial charge >= 0.3 is 6.03 Å². The number of carbonyl (C=O) groups is 1. The molecule has 3 N–H and O–H groups in total. The second kappa shape index (κ2) is 5.74. The molecule has 0 atom stereocenters. The highest BCUT2D eigenvalue weighted by molar-refractivity contribution is 7.90. The minimum Gasteiger partial charge on any atom is -0.491 e. The van der Waals surface area contributed by atoms with E-state index in [2.05, 4.69) is 0 Å². The normalized spacial score (nSPS) is 10.9. The lowest BCUT2D eigenvalue weighted by Crippen LogP contribution is -2.35. The summed E-state index contributed by atoms with van der Waals surface area (Å²) in [4.78, 5) is 10.4. The summed E-state index contributed by atoms with van der Waals surface area (Å²) in [5.74, 6) is 0.333. The van der Waals surface area contributed by atoms with Crippen molar-refractivity contribution in [2.45, 2.75) is 4.90 Å². The summed E-state index contributed by atoms with van der Waals surface area (Å²) < 4.78 is 30.2. The van der Waals surface area contributed by atoms with E-state index in [1.807, 2.05) is 0 Å². The van der Waals surface area contributed by atoms with Crippen LogP contribution in [0.3, 0.4) is 0 Å².